The first-order valence-corrected chi connectivity index (χ1v) is 8.18. The van der Waals surface area contributed by atoms with Crippen LogP contribution in [0.15, 0.2) is 30.3 Å². The Labute approximate surface area is 118 Å². The van der Waals surface area contributed by atoms with Crippen molar-refractivity contribution in [3.05, 3.63) is 35.9 Å². The number of rotatable bonds is 4. The van der Waals surface area contributed by atoms with Gasteiger partial charge in [-0.25, -0.2) is 18.4 Å². The zero-order chi connectivity index (χ0) is 14.6. The van der Waals surface area contributed by atoms with Gasteiger partial charge in [-0.05, 0) is 30.9 Å². The average molecular weight is 298 g/mol. The van der Waals surface area contributed by atoms with E-state index >= 15 is 0 Å². The van der Waals surface area contributed by atoms with E-state index in [1.54, 1.807) is 29.3 Å². The molecule has 1 aromatic rings. The average Bonchev–Trinajstić information content (AvgIpc) is 2.40. The molecule has 0 saturated carbocycles. The van der Waals surface area contributed by atoms with E-state index in [9.17, 15) is 13.2 Å². The van der Waals surface area contributed by atoms with Gasteiger partial charge in [-0.2, -0.15) is 0 Å². The van der Waals surface area contributed by atoms with Crippen molar-refractivity contribution in [2.24, 2.45) is 11.1 Å². The van der Waals surface area contributed by atoms with Crippen molar-refractivity contribution in [1.82, 2.24) is 5.06 Å². The number of piperidine rings is 1. The lowest BCUT2D eigenvalue weighted by Crippen LogP contribution is -2.38. The molecule has 0 radical (unpaired) electrons. The molecule has 1 fully saturated rings. The van der Waals surface area contributed by atoms with Crippen molar-refractivity contribution in [3.63, 3.8) is 0 Å². The normalized spacial score (nSPS) is 17.9. The lowest BCUT2D eigenvalue weighted by atomic mass is 10.0. The Kier molecular flexibility index (Phi) is 4.74. The summed E-state index contributed by atoms with van der Waals surface area (Å²) in [7, 11) is -3.43. The van der Waals surface area contributed by atoms with Crippen molar-refractivity contribution in [3.8, 4) is 0 Å². The van der Waals surface area contributed by atoms with Gasteiger partial charge in [0, 0.05) is 13.1 Å². The second-order valence-electron chi connectivity index (χ2n) is 4.95. The maximum atomic E-state index is 11.8. The Balaban J connectivity index is 1.82. The number of benzene rings is 1. The summed E-state index contributed by atoms with van der Waals surface area (Å²) in [4.78, 5) is 17.1. The van der Waals surface area contributed by atoms with Crippen LogP contribution in [0.2, 0.25) is 0 Å². The van der Waals surface area contributed by atoms with Crippen molar-refractivity contribution < 1.29 is 18.0 Å². The molecule has 0 bridgehead atoms. The molecule has 1 heterocycles. The molecule has 6 nitrogen and oxygen atoms in total. The van der Waals surface area contributed by atoms with Gasteiger partial charge in [-0.1, -0.05) is 18.2 Å². The molecule has 0 spiro atoms. The van der Waals surface area contributed by atoms with Crippen molar-refractivity contribution in [1.29, 1.82) is 0 Å². The Bertz CT molecular complexity index is 551. The molecule has 0 unspecified atom stereocenters. The number of nitrogens with two attached hydrogens (primary N) is 1. The maximum absolute atomic E-state index is 11.8. The molecule has 2 N–H and O–H groups in total. The van der Waals surface area contributed by atoms with Crippen molar-refractivity contribution >= 4 is 16.0 Å². The minimum atomic E-state index is -3.43. The Morgan fingerprint density at radius 2 is 1.85 bits per heavy atom. The van der Waals surface area contributed by atoms with Crippen LogP contribution in [0, 0.1) is 5.92 Å². The topological polar surface area (TPSA) is 89.7 Å². The number of nitrogens with zero attached hydrogens (tertiary/aromatic N) is 1. The van der Waals surface area contributed by atoms with E-state index in [-0.39, 0.29) is 11.7 Å². The lowest BCUT2D eigenvalue weighted by molar-refractivity contribution is -0.124. The van der Waals surface area contributed by atoms with Crippen LogP contribution >= 0.6 is 0 Å². The number of hydrogen-bond acceptors (Lipinski definition) is 5. The molecule has 1 aromatic carbocycles. The zero-order valence-corrected chi connectivity index (χ0v) is 11.9. The summed E-state index contributed by atoms with van der Waals surface area (Å²) in [5, 5.41) is 6.61. The number of hydrogen-bond donors (Lipinski definition) is 1. The van der Waals surface area contributed by atoms with Crippen LogP contribution in [0.5, 0.6) is 0 Å². The van der Waals surface area contributed by atoms with Gasteiger partial charge in [0.2, 0.25) is 10.0 Å². The third kappa shape index (κ3) is 4.59. The summed E-state index contributed by atoms with van der Waals surface area (Å²) in [5.74, 6) is -0.361. The maximum Gasteiger partial charge on any atom is 0.357 e. The first-order valence-electron chi connectivity index (χ1n) is 6.47. The highest BCUT2D eigenvalue weighted by atomic mass is 32.2. The van der Waals surface area contributed by atoms with E-state index in [0.29, 0.717) is 31.5 Å². The fraction of sp³-hybridized carbons (Fsp3) is 0.462. The molecule has 1 aliphatic rings. The molecule has 7 heteroatoms. The standard InChI is InChI=1S/C13H18N2O4S/c14-20(17,18)10-11-6-8-15(9-7-11)19-13(16)12-4-2-1-3-5-12/h1-5,11H,6-10H2,(H2,14,17,18). The van der Waals surface area contributed by atoms with Crippen molar-refractivity contribution in [2.75, 3.05) is 18.8 Å². The van der Waals surface area contributed by atoms with E-state index in [1.165, 1.54) is 0 Å². The molecule has 1 saturated heterocycles. The number of carbonyl (C=O) groups is 1. The third-order valence-corrected chi connectivity index (χ3v) is 4.20. The van der Waals surface area contributed by atoms with Crippen LogP contribution in [0.25, 0.3) is 0 Å². The zero-order valence-electron chi connectivity index (χ0n) is 11.1. The largest absolute Gasteiger partial charge is 0.364 e. The van der Waals surface area contributed by atoms with Crippen molar-refractivity contribution in [2.45, 2.75) is 12.8 Å². The molecule has 2 rings (SSSR count). The van der Waals surface area contributed by atoms with Gasteiger partial charge < -0.3 is 4.84 Å². The molecule has 20 heavy (non-hydrogen) atoms. The second kappa shape index (κ2) is 6.34. The van der Waals surface area contributed by atoms with Crippen LogP contribution in [-0.4, -0.2) is 38.3 Å². The lowest BCUT2D eigenvalue weighted by Gasteiger charge is -2.29. The first kappa shape index (κ1) is 15.0. The molecule has 0 aromatic heterocycles. The fourth-order valence-electron chi connectivity index (χ4n) is 2.24. The van der Waals surface area contributed by atoms with E-state index in [2.05, 4.69) is 0 Å². The second-order valence-corrected chi connectivity index (χ2v) is 6.61. The quantitative estimate of drug-likeness (QED) is 0.886. The van der Waals surface area contributed by atoms with Gasteiger partial charge in [-0.3, -0.25) is 0 Å². The SMILES string of the molecule is NS(=O)(=O)CC1CCN(OC(=O)c2ccccc2)CC1. The van der Waals surface area contributed by atoms with Crippen LogP contribution in [-0.2, 0) is 14.9 Å². The Morgan fingerprint density at radius 1 is 1.25 bits per heavy atom. The molecule has 110 valence electrons. The summed E-state index contributed by atoms with van der Waals surface area (Å²) >= 11 is 0. The molecule has 1 aliphatic heterocycles. The smallest absolute Gasteiger partial charge is 0.357 e. The van der Waals surface area contributed by atoms with E-state index in [4.69, 9.17) is 9.98 Å². The number of carbonyl (C=O) groups excluding carboxylic acids is 1. The highest BCUT2D eigenvalue weighted by molar-refractivity contribution is 7.89. The first-order chi connectivity index (χ1) is 9.44. The molecule has 0 aliphatic carbocycles. The Hall–Kier alpha value is -1.44. The Morgan fingerprint density at radius 3 is 2.40 bits per heavy atom. The minimum Gasteiger partial charge on any atom is -0.364 e. The molecule has 0 atom stereocenters. The molecular formula is C13H18N2O4S. The van der Waals surface area contributed by atoms with Gasteiger partial charge in [-0.15, -0.1) is 5.06 Å². The highest BCUT2D eigenvalue weighted by Gasteiger charge is 2.25. The van der Waals surface area contributed by atoms with Crippen LogP contribution in [0.1, 0.15) is 23.2 Å². The summed E-state index contributed by atoms with van der Waals surface area (Å²) in [6.07, 6.45) is 1.30. The van der Waals surface area contributed by atoms with E-state index in [1.807, 2.05) is 6.07 Å². The molecular weight excluding hydrogens is 280 g/mol. The van der Waals surface area contributed by atoms with E-state index < -0.39 is 16.0 Å². The predicted octanol–water partition coefficient (Wildman–Crippen LogP) is 0.759. The monoisotopic (exact) mass is 298 g/mol. The number of hydroxylamine groups is 2. The fourth-order valence-corrected chi connectivity index (χ4v) is 3.23. The van der Waals surface area contributed by atoms with Gasteiger partial charge in [0.05, 0.1) is 11.3 Å². The van der Waals surface area contributed by atoms with Gasteiger partial charge in [0.25, 0.3) is 0 Å². The minimum absolute atomic E-state index is 0.00648. The number of primary sulfonamides is 1. The van der Waals surface area contributed by atoms with Gasteiger partial charge in [0.15, 0.2) is 0 Å². The summed E-state index contributed by atoms with van der Waals surface area (Å²) in [5.41, 5.74) is 0.499. The van der Waals surface area contributed by atoms with Crippen LogP contribution < -0.4 is 5.14 Å². The van der Waals surface area contributed by atoms with Crippen LogP contribution in [0.3, 0.4) is 0 Å². The van der Waals surface area contributed by atoms with E-state index in [0.717, 1.165) is 0 Å². The third-order valence-electron chi connectivity index (χ3n) is 3.26. The number of sulfonamides is 1. The summed E-state index contributed by atoms with van der Waals surface area (Å²) in [6, 6.07) is 8.76. The van der Waals surface area contributed by atoms with Gasteiger partial charge >= 0.3 is 5.97 Å². The summed E-state index contributed by atoms with van der Waals surface area (Å²) < 4.78 is 22.0. The van der Waals surface area contributed by atoms with Crippen LogP contribution in [0.4, 0.5) is 0 Å². The van der Waals surface area contributed by atoms with Gasteiger partial charge in [0.1, 0.15) is 0 Å². The molecule has 0 amide bonds. The predicted molar refractivity (Wildman–Crippen MR) is 74.1 cm³/mol. The highest BCUT2D eigenvalue weighted by Crippen LogP contribution is 2.19. The summed E-state index contributed by atoms with van der Waals surface area (Å²) in [6.45, 7) is 1.05.